The molecule has 0 spiro atoms. The molecule has 1 aliphatic heterocycles. The summed E-state index contributed by atoms with van der Waals surface area (Å²) in [4.78, 5) is 4.33. The normalized spacial score (nSPS) is 23.6. The minimum absolute atomic E-state index is 0.0870. The lowest BCUT2D eigenvalue weighted by Gasteiger charge is -2.16. The monoisotopic (exact) mass is 243 g/mol. The van der Waals surface area contributed by atoms with E-state index in [-0.39, 0.29) is 6.10 Å². The molecular weight excluding hydrogens is 226 g/mol. The van der Waals surface area contributed by atoms with E-state index < -0.39 is 5.79 Å². The third kappa shape index (κ3) is 2.90. The van der Waals surface area contributed by atoms with Gasteiger partial charge in [0.2, 0.25) is 5.13 Å². The molecule has 0 amide bonds. The Kier molecular flexibility index (Phi) is 3.41. The Morgan fingerprint density at radius 1 is 1.56 bits per heavy atom. The van der Waals surface area contributed by atoms with E-state index in [4.69, 9.17) is 9.47 Å². The zero-order valence-corrected chi connectivity index (χ0v) is 10.6. The fourth-order valence-corrected chi connectivity index (χ4v) is 2.19. The average Bonchev–Trinajstić information content (AvgIpc) is 2.81. The summed E-state index contributed by atoms with van der Waals surface area (Å²) in [5, 5.41) is 4.07. The topological polar surface area (TPSA) is 56.3 Å². The van der Waals surface area contributed by atoms with Crippen molar-refractivity contribution in [2.75, 3.05) is 18.5 Å². The van der Waals surface area contributed by atoms with Gasteiger partial charge in [-0.2, -0.15) is 4.37 Å². The van der Waals surface area contributed by atoms with Gasteiger partial charge in [0.15, 0.2) is 5.79 Å². The van der Waals surface area contributed by atoms with Crippen LogP contribution in [0.3, 0.4) is 0 Å². The number of nitrogens with zero attached hydrogens (tertiary/aromatic N) is 2. The van der Waals surface area contributed by atoms with E-state index in [0.29, 0.717) is 13.2 Å². The highest BCUT2D eigenvalue weighted by Gasteiger charge is 2.32. The molecule has 90 valence electrons. The van der Waals surface area contributed by atoms with Gasteiger partial charge >= 0.3 is 0 Å². The summed E-state index contributed by atoms with van der Waals surface area (Å²) in [5.41, 5.74) is 0. The van der Waals surface area contributed by atoms with Gasteiger partial charge in [-0.15, -0.1) is 0 Å². The molecule has 1 aromatic rings. The number of hydrogen-bond acceptors (Lipinski definition) is 6. The van der Waals surface area contributed by atoms with Crippen LogP contribution >= 0.6 is 11.5 Å². The van der Waals surface area contributed by atoms with Crippen molar-refractivity contribution in [3.63, 3.8) is 0 Å². The van der Waals surface area contributed by atoms with Crippen LogP contribution in [-0.2, 0) is 15.9 Å². The zero-order chi connectivity index (χ0) is 11.6. The fraction of sp³-hybridized carbons (Fsp3) is 0.800. The summed E-state index contributed by atoms with van der Waals surface area (Å²) < 4.78 is 15.4. The standard InChI is InChI=1S/C10H17N3O2S/c1-4-8-12-9(16-13-8)11-5-7-6-14-10(2,3)15-7/h7H,4-6H2,1-3H3,(H,11,12,13). The second-order valence-electron chi connectivity index (χ2n) is 4.20. The second-order valence-corrected chi connectivity index (χ2v) is 4.95. The molecule has 5 nitrogen and oxygen atoms in total. The number of ether oxygens (including phenoxy) is 2. The molecule has 1 N–H and O–H groups in total. The largest absolute Gasteiger partial charge is 0.358 e. The summed E-state index contributed by atoms with van der Waals surface area (Å²) in [6.45, 7) is 7.23. The van der Waals surface area contributed by atoms with Gasteiger partial charge < -0.3 is 14.8 Å². The minimum Gasteiger partial charge on any atom is -0.358 e. The summed E-state index contributed by atoms with van der Waals surface area (Å²) in [6, 6.07) is 0. The highest BCUT2D eigenvalue weighted by atomic mass is 32.1. The first-order chi connectivity index (χ1) is 7.59. The van der Waals surface area contributed by atoms with E-state index in [1.165, 1.54) is 11.5 Å². The summed E-state index contributed by atoms with van der Waals surface area (Å²) >= 11 is 1.39. The van der Waals surface area contributed by atoms with Crippen LogP contribution in [0.15, 0.2) is 0 Å². The molecule has 0 aliphatic carbocycles. The van der Waals surface area contributed by atoms with Crippen molar-refractivity contribution in [3.8, 4) is 0 Å². The molecule has 2 rings (SSSR count). The Morgan fingerprint density at radius 3 is 2.94 bits per heavy atom. The smallest absolute Gasteiger partial charge is 0.202 e. The summed E-state index contributed by atoms with van der Waals surface area (Å²) in [6.07, 6.45) is 0.956. The lowest BCUT2D eigenvalue weighted by atomic mass is 10.4. The number of nitrogens with one attached hydrogen (secondary N) is 1. The number of aryl methyl sites for hydroxylation is 1. The molecule has 1 saturated heterocycles. The predicted molar refractivity (Wildman–Crippen MR) is 62.7 cm³/mol. The van der Waals surface area contributed by atoms with Gasteiger partial charge in [0.1, 0.15) is 11.9 Å². The Balaban J connectivity index is 1.80. The molecule has 1 unspecified atom stereocenters. The van der Waals surface area contributed by atoms with Crippen LogP contribution in [0.4, 0.5) is 5.13 Å². The van der Waals surface area contributed by atoms with Gasteiger partial charge in [-0.1, -0.05) is 6.92 Å². The summed E-state index contributed by atoms with van der Waals surface area (Å²) in [7, 11) is 0. The maximum absolute atomic E-state index is 5.68. The van der Waals surface area contributed by atoms with E-state index >= 15 is 0 Å². The first kappa shape index (κ1) is 11.8. The first-order valence-corrected chi connectivity index (χ1v) is 6.24. The number of hydrogen-bond donors (Lipinski definition) is 1. The van der Waals surface area contributed by atoms with E-state index in [0.717, 1.165) is 17.4 Å². The van der Waals surface area contributed by atoms with Crippen LogP contribution in [0.5, 0.6) is 0 Å². The molecule has 2 heterocycles. The SMILES string of the molecule is CCc1nsc(NCC2COC(C)(C)O2)n1. The van der Waals surface area contributed by atoms with Crippen molar-refractivity contribution < 1.29 is 9.47 Å². The number of anilines is 1. The van der Waals surface area contributed by atoms with Crippen molar-refractivity contribution in [1.82, 2.24) is 9.36 Å². The first-order valence-electron chi connectivity index (χ1n) is 5.47. The Hall–Kier alpha value is -0.720. The molecule has 0 bridgehead atoms. The van der Waals surface area contributed by atoms with Gasteiger partial charge in [0, 0.05) is 24.5 Å². The Labute approximate surface area is 99.3 Å². The van der Waals surface area contributed by atoms with Gasteiger partial charge in [-0.3, -0.25) is 0 Å². The van der Waals surface area contributed by atoms with Gasteiger partial charge in [-0.25, -0.2) is 4.98 Å². The molecule has 1 aliphatic rings. The maximum atomic E-state index is 5.68. The molecule has 1 fully saturated rings. The molecule has 6 heteroatoms. The predicted octanol–water partition coefficient (Wildman–Crippen LogP) is 1.66. The van der Waals surface area contributed by atoms with E-state index in [2.05, 4.69) is 14.7 Å². The molecular formula is C10H17N3O2S. The second kappa shape index (κ2) is 4.65. The van der Waals surface area contributed by atoms with Crippen LogP contribution in [0.25, 0.3) is 0 Å². The Morgan fingerprint density at radius 2 is 2.38 bits per heavy atom. The van der Waals surface area contributed by atoms with Crippen LogP contribution in [0.1, 0.15) is 26.6 Å². The molecule has 0 aromatic carbocycles. The highest BCUT2D eigenvalue weighted by molar-refractivity contribution is 7.09. The van der Waals surface area contributed by atoms with Crippen molar-refractivity contribution in [2.45, 2.75) is 39.1 Å². The van der Waals surface area contributed by atoms with Crippen molar-refractivity contribution in [3.05, 3.63) is 5.82 Å². The Bertz CT molecular complexity index is 354. The number of rotatable bonds is 4. The van der Waals surface area contributed by atoms with Crippen molar-refractivity contribution in [2.24, 2.45) is 0 Å². The lowest BCUT2D eigenvalue weighted by Crippen LogP contribution is -2.25. The van der Waals surface area contributed by atoms with Gasteiger partial charge in [0.25, 0.3) is 0 Å². The lowest BCUT2D eigenvalue weighted by molar-refractivity contribution is -0.136. The van der Waals surface area contributed by atoms with Crippen LogP contribution in [0, 0.1) is 0 Å². The highest BCUT2D eigenvalue weighted by Crippen LogP contribution is 2.22. The van der Waals surface area contributed by atoms with Gasteiger partial charge in [-0.05, 0) is 13.8 Å². The third-order valence-electron chi connectivity index (χ3n) is 2.33. The van der Waals surface area contributed by atoms with E-state index in [1.54, 1.807) is 0 Å². The molecule has 0 radical (unpaired) electrons. The van der Waals surface area contributed by atoms with E-state index in [9.17, 15) is 0 Å². The van der Waals surface area contributed by atoms with Gasteiger partial charge in [0.05, 0.1) is 6.61 Å². The quantitative estimate of drug-likeness (QED) is 0.871. The zero-order valence-electron chi connectivity index (χ0n) is 9.82. The summed E-state index contributed by atoms with van der Waals surface area (Å²) in [5.74, 6) is 0.429. The van der Waals surface area contributed by atoms with Crippen molar-refractivity contribution >= 4 is 16.7 Å². The van der Waals surface area contributed by atoms with Crippen LogP contribution < -0.4 is 5.32 Å². The molecule has 16 heavy (non-hydrogen) atoms. The minimum atomic E-state index is -0.456. The average molecular weight is 243 g/mol. The van der Waals surface area contributed by atoms with E-state index in [1.807, 2.05) is 20.8 Å². The third-order valence-corrected chi connectivity index (χ3v) is 3.04. The molecule has 1 atom stereocenters. The molecule has 0 saturated carbocycles. The fourth-order valence-electron chi connectivity index (χ4n) is 1.53. The van der Waals surface area contributed by atoms with Crippen molar-refractivity contribution in [1.29, 1.82) is 0 Å². The number of aromatic nitrogens is 2. The maximum Gasteiger partial charge on any atom is 0.202 e. The van der Waals surface area contributed by atoms with Crippen LogP contribution in [0.2, 0.25) is 0 Å². The molecule has 1 aromatic heterocycles. The van der Waals surface area contributed by atoms with Crippen LogP contribution in [-0.4, -0.2) is 34.4 Å².